The standard InChI is InChI=1S/C24H33N3O4S/c1-5-8-20-10-11-24-22(13-20)31-23(16-26(4)15-21-9-6-7-12-25-21)18(2)14-27(19(3)17-28)32(24,29)30/h5-13,18-19,23,28H,14-17H2,1-4H3/t18-,19-,23+/m0/s1. The highest BCUT2D eigenvalue weighted by Gasteiger charge is 2.38. The molecule has 3 atom stereocenters. The molecule has 1 aliphatic rings. The number of aromatic nitrogens is 1. The van der Waals surface area contributed by atoms with Crippen molar-refractivity contribution in [3.63, 3.8) is 0 Å². The fourth-order valence-electron chi connectivity index (χ4n) is 3.90. The van der Waals surface area contributed by atoms with Crippen LogP contribution in [0.15, 0.2) is 53.6 Å². The molecular formula is C24H33N3O4S. The molecule has 7 nitrogen and oxygen atoms in total. The van der Waals surface area contributed by atoms with Crippen molar-refractivity contribution in [1.82, 2.24) is 14.2 Å². The van der Waals surface area contributed by atoms with Crippen molar-refractivity contribution in [1.29, 1.82) is 0 Å². The van der Waals surface area contributed by atoms with Gasteiger partial charge in [-0.15, -0.1) is 0 Å². The average Bonchev–Trinajstić information content (AvgIpc) is 2.76. The van der Waals surface area contributed by atoms with E-state index in [1.165, 1.54) is 4.31 Å². The number of fused-ring (bicyclic) bond motifs is 1. The molecule has 0 amide bonds. The fraction of sp³-hybridized carbons (Fsp3) is 0.458. The third-order valence-corrected chi connectivity index (χ3v) is 7.72. The first-order chi connectivity index (χ1) is 15.3. The molecule has 0 saturated heterocycles. The van der Waals surface area contributed by atoms with Gasteiger partial charge in [-0.3, -0.25) is 9.88 Å². The minimum absolute atomic E-state index is 0.0940. The monoisotopic (exact) mass is 459 g/mol. The van der Waals surface area contributed by atoms with Crippen molar-refractivity contribution >= 4 is 16.1 Å². The van der Waals surface area contributed by atoms with Crippen LogP contribution in [0, 0.1) is 5.92 Å². The second-order valence-electron chi connectivity index (χ2n) is 8.46. The lowest BCUT2D eigenvalue weighted by molar-refractivity contribution is 0.0730. The molecule has 0 spiro atoms. The summed E-state index contributed by atoms with van der Waals surface area (Å²) in [5.41, 5.74) is 1.83. The van der Waals surface area contributed by atoms with E-state index in [4.69, 9.17) is 4.74 Å². The number of ether oxygens (including phenoxy) is 1. The van der Waals surface area contributed by atoms with Crippen LogP contribution in [0.1, 0.15) is 32.0 Å². The minimum Gasteiger partial charge on any atom is -0.487 e. The second kappa shape index (κ2) is 10.6. The Morgan fingerprint density at radius 2 is 2.12 bits per heavy atom. The number of pyridine rings is 1. The van der Waals surface area contributed by atoms with Crippen LogP contribution in [0.5, 0.6) is 5.75 Å². The van der Waals surface area contributed by atoms with Crippen molar-refractivity contribution in [2.75, 3.05) is 26.7 Å². The Bertz CT molecular complexity index is 1030. The predicted octanol–water partition coefficient (Wildman–Crippen LogP) is 3.02. The molecule has 0 bridgehead atoms. The van der Waals surface area contributed by atoms with Crippen LogP contribution in [-0.4, -0.2) is 66.6 Å². The van der Waals surface area contributed by atoms with Crippen LogP contribution < -0.4 is 4.74 Å². The topological polar surface area (TPSA) is 83.0 Å². The third kappa shape index (κ3) is 5.56. The molecule has 2 aromatic rings. The maximum Gasteiger partial charge on any atom is 0.247 e. The molecule has 0 radical (unpaired) electrons. The van der Waals surface area contributed by atoms with E-state index >= 15 is 0 Å². The number of nitrogens with zero attached hydrogens (tertiary/aromatic N) is 3. The van der Waals surface area contributed by atoms with Gasteiger partial charge in [-0.25, -0.2) is 8.42 Å². The van der Waals surface area contributed by atoms with E-state index in [1.54, 1.807) is 31.3 Å². The van der Waals surface area contributed by atoms with Gasteiger partial charge >= 0.3 is 0 Å². The molecule has 8 heteroatoms. The van der Waals surface area contributed by atoms with Gasteiger partial charge in [0.1, 0.15) is 16.7 Å². The molecule has 1 aliphatic heterocycles. The molecule has 0 fully saturated rings. The van der Waals surface area contributed by atoms with Gasteiger partial charge in [-0.1, -0.05) is 31.2 Å². The summed E-state index contributed by atoms with van der Waals surface area (Å²) >= 11 is 0. The number of hydrogen-bond donors (Lipinski definition) is 1. The number of aliphatic hydroxyl groups is 1. The molecule has 32 heavy (non-hydrogen) atoms. The molecule has 2 heterocycles. The van der Waals surface area contributed by atoms with E-state index in [1.807, 2.05) is 51.2 Å². The first-order valence-electron chi connectivity index (χ1n) is 10.9. The van der Waals surface area contributed by atoms with Crippen LogP contribution in [0.2, 0.25) is 0 Å². The molecule has 0 aliphatic carbocycles. The highest BCUT2D eigenvalue weighted by Crippen LogP contribution is 2.34. The zero-order valence-electron chi connectivity index (χ0n) is 19.2. The smallest absolute Gasteiger partial charge is 0.247 e. The quantitative estimate of drug-likeness (QED) is 0.685. The van der Waals surface area contributed by atoms with Crippen molar-refractivity contribution in [2.24, 2.45) is 5.92 Å². The zero-order valence-corrected chi connectivity index (χ0v) is 20.0. The van der Waals surface area contributed by atoms with Gasteiger partial charge in [-0.05, 0) is 50.7 Å². The zero-order chi connectivity index (χ0) is 23.3. The number of sulfonamides is 1. The number of allylic oxidation sites excluding steroid dienone is 1. The van der Waals surface area contributed by atoms with Crippen LogP contribution >= 0.6 is 0 Å². The van der Waals surface area contributed by atoms with E-state index < -0.39 is 16.1 Å². The van der Waals surface area contributed by atoms with Crippen molar-refractivity contribution in [2.45, 2.75) is 44.4 Å². The van der Waals surface area contributed by atoms with Crippen molar-refractivity contribution in [3.05, 3.63) is 59.9 Å². The first-order valence-corrected chi connectivity index (χ1v) is 12.3. The Morgan fingerprint density at radius 1 is 1.34 bits per heavy atom. The van der Waals surface area contributed by atoms with E-state index in [0.717, 1.165) is 11.3 Å². The molecule has 1 aromatic carbocycles. The summed E-state index contributed by atoms with van der Waals surface area (Å²) in [5, 5.41) is 9.74. The lowest BCUT2D eigenvalue weighted by atomic mass is 10.0. The average molecular weight is 460 g/mol. The molecule has 3 rings (SSSR count). The lowest BCUT2D eigenvalue weighted by Crippen LogP contribution is -2.49. The van der Waals surface area contributed by atoms with Gasteiger partial charge in [0.2, 0.25) is 10.0 Å². The maximum absolute atomic E-state index is 13.5. The van der Waals surface area contributed by atoms with Crippen LogP contribution in [0.3, 0.4) is 0 Å². The summed E-state index contributed by atoms with van der Waals surface area (Å²) in [7, 11) is -1.81. The van der Waals surface area contributed by atoms with E-state index in [-0.39, 0.29) is 30.1 Å². The Kier molecular flexibility index (Phi) is 8.05. The lowest BCUT2D eigenvalue weighted by Gasteiger charge is -2.37. The normalized spacial score (nSPS) is 22.2. The predicted molar refractivity (Wildman–Crippen MR) is 126 cm³/mol. The molecule has 1 N–H and O–H groups in total. The summed E-state index contributed by atoms with van der Waals surface area (Å²) in [6.45, 7) is 6.91. The van der Waals surface area contributed by atoms with E-state index in [2.05, 4.69) is 9.88 Å². The number of rotatable bonds is 7. The van der Waals surface area contributed by atoms with E-state index in [9.17, 15) is 13.5 Å². The van der Waals surface area contributed by atoms with Gasteiger partial charge in [0.15, 0.2) is 0 Å². The van der Waals surface area contributed by atoms with Gasteiger partial charge in [0, 0.05) is 37.8 Å². The molecule has 174 valence electrons. The van der Waals surface area contributed by atoms with Crippen LogP contribution in [-0.2, 0) is 16.6 Å². The number of likely N-dealkylation sites (N-methyl/N-ethyl adjacent to an activating group) is 1. The minimum atomic E-state index is -3.82. The van der Waals surface area contributed by atoms with E-state index in [0.29, 0.717) is 18.8 Å². The van der Waals surface area contributed by atoms with Gasteiger partial charge < -0.3 is 9.84 Å². The number of hydrogen-bond acceptors (Lipinski definition) is 6. The third-order valence-electron chi connectivity index (χ3n) is 5.70. The summed E-state index contributed by atoms with van der Waals surface area (Å²) in [4.78, 5) is 6.66. The van der Waals surface area contributed by atoms with Crippen LogP contribution in [0.25, 0.3) is 6.08 Å². The summed E-state index contributed by atoms with van der Waals surface area (Å²) in [6.07, 6.45) is 5.34. The SMILES string of the molecule is CC=Cc1ccc2c(c1)O[C@H](CN(C)Cc1ccccn1)[C@@H](C)CN([C@@H](C)CO)S2(=O)=O. The van der Waals surface area contributed by atoms with Gasteiger partial charge in [0.05, 0.1) is 12.3 Å². The maximum atomic E-state index is 13.5. The Hall–Kier alpha value is -2.26. The Balaban J connectivity index is 1.97. The van der Waals surface area contributed by atoms with Gasteiger partial charge in [0.25, 0.3) is 0 Å². The van der Waals surface area contributed by atoms with Crippen LogP contribution in [0.4, 0.5) is 0 Å². The highest BCUT2D eigenvalue weighted by atomic mass is 32.2. The summed E-state index contributed by atoms with van der Waals surface area (Å²) in [5.74, 6) is 0.252. The molecule has 0 unspecified atom stereocenters. The fourth-order valence-corrected chi connectivity index (χ4v) is 5.72. The second-order valence-corrected chi connectivity index (χ2v) is 10.3. The molecule has 0 saturated carbocycles. The summed E-state index contributed by atoms with van der Waals surface area (Å²) < 4.78 is 34.7. The summed E-state index contributed by atoms with van der Waals surface area (Å²) in [6, 6.07) is 10.4. The number of benzene rings is 1. The first kappa shape index (κ1) is 24.4. The Morgan fingerprint density at radius 3 is 2.78 bits per heavy atom. The Labute approximate surface area is 191 Å². The van der Waals surface area contributed by atoms with Gasteiger partial charge in [-0.2, -0.15) is 4.31 Å². The number of aliphatic hydroxyl groups excluding tert-OH is 1. The molecular weight excluding hydrogens is 426 g/mol. The highest BCUT2D eigenvalue weighted by molar-refractivity contribution is 7.89. The largest absolute Gasteiger partial charge is 0.487 e. The van der Waals surface area contributed by atoms with Crippen molar-refractivity contribution in [3.8, 4) is 5.75 Å². The molecule has 1 aromatic heterocycles. The van der Waals surface area contributed by atoms with Crippen molar-refractivity contribution < 1.29 is 18.3 Å².